The van der Waals surface area contributed by atoms with E-state index in [2.05, 4.69) is 5.32 Å². The van der Waals surface area contributed by atoms with Crippen molar-refractivity contribution in [2.24, 2.45) is 5.41 Å². The summed E-state index contributed by atoms with van der Waals surface area (Å²) in [5, 5.41) is 4.65. The number of hydrogen-bond donors (Lipinski definition) is 2. The van der Waals surface area contributed by atoms with Gasteiger partial charge in [-0.05, 0) is 18.3 Å². The number of rotatable bonds is 5. The smallest absolute Gasteiger partial charge is 0.354 e. The standard InChI is InChI=1S/C9H15F3N2O/c1-8(2-3-8)5-14-7(15)4-13-6-9(10,11)12/h13H,2-6H2,1H3,(H,14,15). The first-order chi connectivity index (χ1) is 6.81. The SMILES string of the molecule is CC1(CNC(=O)CNCC(F)(F)F)CC1. The van der Waals surface area contributed by atoms with Crippen LogP contribution in [0.25, 0.3) is 0 Å². The van der Waals surface area contributed by atoms with Gasteiger partial charge in [-0.1, -0.05) is 6.92 Å². The molecule has 1 aliphatic rings. The van der Waals surface area contributed by atoms with E-state index in [0.29, 0.717) is 6.54 Å². The van der Waals surface area contributed by atoms with Crippen LogP contribution in [0.4, 0.5) is 13.2 Å². The summed E-state index contributed by atoms with van der Waals surface area (Å²) in [5.41, 5.74) is 0.180. The Morgan fingerprint density at radius 2 is 2.00 bits per heavy atom. The molecule has 0 heterocycles. The zero-order valence-corrected chi connectivity index (χ0v) is 8.58. The van der Waals surface area contributed by atoms with Crippen LogP contribution < -0.4 is 10.6 Å². The average Bonchev–Trinajstić information content (AvgIpc) is 2.79. The Hall–Kier alpha value is -0.780. The van der Waals surface area contributed by atoms with E-state index in [-0.39, 0.29) is 17.9 Å². The van der Waals surface area contributed by atoms with Crippen LogP contribution in [0.3, 0.4) is 0 Å². The van der Waals surface area contributed by atoms with Gasteiger partial charge in [0, 0.05) is 6.54 Å². The number of carbonyl (C=O) groups is 1. The first-order valence-electron chi connectivity index (χ1n) is 4.85. The monoisotopic (exact) mass is 224 g/mol. The summed E-state index contributed by atoms with van der Waals surface area (Å²) in [5.74, 6) is -0.382. The van der Waals surface area contributed by atoms with E-state index in [0.717, 1.165) is 12.8 Å². The third kappa shape index (κ3) is 5.61. The molecule has 0 atom stereocenters. The van der Waals surface area contributed by atoms with E-state index in [9.17, 15) is 18.0 Å². The molecule has 1 saturated carbocycles. The minimum atomic E-state index is -4.26. The van der Waals surface area contributed by atoms with Crippen molar-refractivity contribution in [2.75, 3.05) is 19.6 Å². The molecule has 0 aromatic rings. The molecule has 0 unspecified atom stereocenters. The van der Waals surface area contributed by atoms with Gasteiger partial charge in [0.25, 0.3) is 0 Å². The Morgan fingerprint density at radius 1 is 1.40 bits per heavy atom. The minimum Gasteiger partial charge on any atom is -0.354 e. The van der Waals surface area contributed by atoms with E-state index >= 15 is 0 Å². The summed E-state index contributed by atoms with van der Waals surface area (Å²) in [6, 6.07) is 0. The van der Waals surface area contributed by atoms with Gasteiger partial charge < -0.3 is 10.6 Å². The number of nitrogens with one attached hydrogen (secondary N) is 2. The number of carbonyl (C=O) groups excluding carboxylic acids is 1. The predicted molar refractivity (Wildman–Crippen MR) is 49.3 cm³/mol. The molecule has 1 rings (SSSR count). The van der Waals surface area contributed by atoms with Crippen molar-refractivity contribution in [2.45, 2.75) is 25.9 Å². The van der Waals surface area contributed by atoms with Gasteiger partial charge in [-0.2, -0.15) is 13.2 Å². The highest BCUT2D eigenvalue weighted by atomic mass is 19.4. The molecule has 0 bridgehead atoms. The zero-order chi connectivity index (χ0) is 11.5. The van der Waals surface area contributed by atoms with Crippen molar-refractivity contribution in [3.8, 4) is 0 Å². The van der Waals surface area contributed by atoms with Crippen LogP contribution >= 0.6 is 0 Å². The molecule has 0 aliphatic heterocycles. The lowest BCUT2D eigenvalue weighted by Gasteiger charge is -2.11. The van der Waals surface area contributed by atoms with E-state index in [1.807, 2.05) is 12.2 Å². The van der Waals surface area contributed by atoms with Crippen molar-refractivity contribution in [3.63, 3.8) is 0 Å². The number of halogens is 3. The number of hydrogen-bond acceptors (Lipinski definition) is 2. The molecular formula is C9H15F3N2O. The van der Waals surface area contributed by atoms with E-state index in [1.54, 1.807) is 0 Å². The van der Waals surface area contributed by atoms with Gasteiger partial charge in [0.15, 0.2) is 0 Å². The summed E-state index contributed by atoms with van der Waals surface area (Å²) < 4.78 is 35.1. The summed E-state index contributed by atoms with van der Waals surface area (Å²) in [7, 11) is 0. The number of amides is 1. The molecule has 0 saturated heterocycles. The van der Waals surface area contributed by atoms with Crippen LogP contribution in [0.5, 0.6) is 0 Å². The fourth-order valence-electron chi connectivity index (χ4n) is 1.08. The number of alkyl halides is 3. The van der Waals surface area contributed by atoms with Crippen LogP contribution in [-0.4, -0.2) is 31.7 Å². The zero-order valence-electron chi connectivity index (χ0n) is 8.58. The van der Waals surface area contributed by atoms with Gasteiger partial charge >= 0.3 is 6.18 Å². The molecule has 1 aliphatic carbocycles. The molecular weight excluding hydrogens is 209 g/mol. The molecule has 0 spiro atoms. The van der Waals surface area contributed by atoms with Gasteiger partial charge in [-0.3, -0.25) is 4.79 Å². The maximum Gasteiger partial charge on any atom is 0.401 e. The Bertz CT molecular complexity index is 236. The summed E-state index contributed by atoms with van der Waals surface area (Å²) in [6.45, 7) is 1.18. The van der Waals surface area contributed by atoms with Crippen LogP contribution in [-0.2, 0) is 4.79 Å². The highest BCUT2D eigenvalue weighted by Gasteiger charge is 2.37. The summed E-state index contributed by atoms with van der Waals surface area (Å²) in [4.78, 5) is 11.1. The van der Waals surface area contributed by atoms with Gasteiger partial charge in [0.1, 0.15) is 0 Å². The summed E-state index contributed by atoms with van der Waals surface area (Å²) >= 11 is 0. The van der Waals surface area contributed by atoms with Crippen molar-refractivity contribution < 1.29 is 18.0 Å². The molecule has 2 N–H and O–H groups in total. The maximum absolute atomic E-state index is 11.7. The van der Waals surface area contributed by atoms with Crippen molar-refractivity contribution in [3.05, 3.63) is 0 Å². The molecule has 0 radical (unpaired) electrons. The Labute approximate surface area is 86.4 Å². The van der Waals surface area contributed by atoms with Crippen LogP contribution in [0.2, 0.25) is 0 Å². The quantitative estimate of drug-likeness (QED) is 0.733. The molecule has 15 heavy (non-hydrogen) atoms. The third-order valence-corrected chi connectivity index (χ3v) is 2.43. The lowest BCUT2D eigenvalue weighted by molar-refractivity contribution is -0.128. The second kappa shape index (κ2) is 4.38. The molecule has 1 amide bonds. The van der Waals surface area contributed by atoms with Crippen molar-refractivity contribution in [1.29, 1.82) is 0 Å². The van der Waals surface area contributed by atoms with Crippen LogP contribution in [0.15, 0.2) is 0 Å². The van der Waals surface area contributed by atoms with Gasteiger partial charge in [-0.25, -0.2) is 0 Å². The topological polar surface area (TPSA) is 41.1 Å². The van der Waals surface area contributed by atoms with Crippen molar-refractivity contribution in [1.82, 2.24) is 10.6 Å². The second-order valence-corrected chi connectivity index (χ2v) is 4.31. The van der Waals surface area contributed by atoms with Crippen LogP contribution in [0.1, 0.15) is 19.8 Å². The lowest BCUT2D eigenvalue weighted by atomic mass is 10.1. The third-order valence-electron chi connectivity index (χ3n) is 2.43. The molecule has 0 aromatic carbocycles. The highest BCUT2D eigenvalue weighted by molar-refractivity contribution is 5.78. The Kier molecular flexibility index (Phi) is 3.59. The second-order valence-electron chi connectivity index (χ2n) is 4.31. The lowest BCUT2D eigenvalue weighted by Crippen LogP contribution is -2.39. The Morgan fingerprint density at radius 3 is 2.47 bits per heavy atom. The van der Waals surface area contributed by atoms with Gasteiger partial charge in [0.05, 0.1) is 13.1 Å². The van der Waals surface area contributed by atoms with Gasteiger partial charge in [0.2, 0.25) is 5.91 Å². The molecule has 3 nitrogen and oxygen atoms in total. The van der Waals surface area contributed by atoms with E-state index in [4.69, 9.17) is 0 Å². The van der Waals surface area contributed by atoms with Crippen molar-refractivity contribution >= 4 is 5.91 Å². The average molecular weight is 224 g/mol. The first-order valence-corrected chi connectivity index (χ1v) is 4.85. The first kappa shape index (κ1) is 12.3. The fraction of sp³-hybridized carbons (Fsp3) is 0.889. The largest absolute Gasteiger partial charge is 0.401 e. The summed E-state index contributed by atoms with van der Waals surface area (Å²) in [6.07, 6.45) is -2.12. The molecule has 1 fully saturated rings. The predicted octanol–water partition coefficient (Wildman–Crippen LogP) is 1.05. The molecule has 88 valence electrons. The van der Waals surface area contributed by atoms with Gasteiger partial charge in [-0.15, -0.1) is 0 Å². The molecule has 6 heteroatoms. The van der Waals surface area contributed by atoms with E-state index < -0.39 is 12.7 Å². The Balaban J connectivity index is 2.03. The molecule has 0 aromatic heterocycles. The minimum absolute atomic E-state index is 0.180. The maximum atomic E-state index is 11.7. The normalized spacial score (nSPS) is 18.7. The van der Waals surface area contributed by atoms with E-state index in [1.165, 1.54) is 0 Å². The van der Waals surface area contributed by atoms with Crippen LogP contribution in [0, 0.1) is 5.41 Å². The highest BCUT2D eigenvalue weighted by Crippen LogP contribution is 2.43. The fourth-order valence-corrected chi connectivity index (χ4v) is 1.08.